The largest absolute Gasteiger partial charge is 0.477 e. The average molecular weight is 188 g/mol. The number of alkyl halides is 1. The lowest BCUT2D eigenvalue weighted by Crippen LogP contribution is -1.99. The Morgan fingerprint density at radius 2 is 2.25 bits per heavy atom. The molecule has 64 valence electrons. The number of carbonyl (C=O) groups is 2. The van der Waals surface area contributed by atoms with Gasteiger partial charge in [0.15, 0.2) is 12.5 Å². The Bertz CT molecular complexity index is 318. The number of ketones is 1. The Hall–Kier alpha value is -1.23. The maximum Gasteiger partial charge on any atom is 0.345 e. The lowest BCUT2D eigenvalue weighted by Gasteiger charge is -1.86. The normalized spacial score (nSPS) is 9.75. The first-order chi connectivity index (χ1) is 5.65. The number of halogens is 1. The number of thiophene rings is 1. The van der Waals surface area contributed by atoms with Gasteiger partial charge >= 0.3 is 5.97 Å². The maximum absolute atomic E-state index is 11.8. The number of carboxylic acids is 1. The van der Waals surface area contributed by atoms with Crippen LogP contribution >= 0.6 is 11.3 Å². The molecule has 0 unspecified atom stereocenters. The van der Waals surface area contributed by atoms with Crippen molar-refractivity contribution in [3.05, 3.63) is 21.9 Å². The summed E-state index contributed by atoms with van der Waals surface area (Å²) in [5.74, 6) is -1.78. The molecule has 0 aliphatic carbocycles. The molecule has 1 aromatic rings. The number of hydrogen-bond donors (Lipinski definition) is 1. The summed E-state index contributed by atoms with van der Waals surface area (Å²) in [5, 5.41) is 9.80. The monoisotopic (exact) mass is 188 g/mol. The molecule has 0 aliphatic heterocycles. The van der Waals surface area contributed by atoms with Crippen LogP contribution in [-0.2, 0) is 0 Å². The Kier molecular flexibility index (Phi) is 2.54. The molecule has 0 amide bonds. The molecule has 1 heterocycles. The zero-order chi connectivity index (χ0) is 9.14. The summed E-state index contributed by atoms with van der Waals surface area (Å²) in [4.78, 5) is 21.1. The van der Waals surface area contributed by atoms with Crippen LogP contribution in [0.25, 0.3) is 0 Å². The van der Waals surface area contributed by atoms with E-state index in [9.17, 15) is 14.0 Å². The molecular weight excluding hydrogens is 183 g/mol. The Labute approximate surface area is 71.4 Å². The summed E-state index contributed by atoms with van der Waals surface area (Å²) >= 11 is 0.914. The lowest BCUT2D eigenvalue weighted by molar-refractivity contribution is 0.0702. The van der Waals surface area contributed by atoms with Crippen molar-refractivity contribution in [3.63, 3.8) is 0 Å². The van der Waals surface area contributed by atoms with E-state index >= 15 is 0 Å². The van der Waals surface area contributed by atoms with Crippen molar-refractivity contribution >= 4 is 23.1 Å². The van der Waals surface area contributed by atoms with Gasteiger partial charge < -0.3 is 5.11 Å². The third-order valence-corrected chi connectivity index (χ3v) is 2.17. The van der Waals surface area contributed by atoms with Gasteiger partial charge in [0.2, 0.25) is 0 Å². The molecule has 1 aromatic heterocycles. The summed E-state index contributed by atoms with van der Waals surface area (Å²) in [6.07, 6.45) is 0. The molecular formula is C7H5FO3S. The quantitative estimate of drug-likeness (QED) is 0.733. The third-order valence-electron chi connectivity index (χ3n) is 1.25. The average Bonchev–Trinajstić information content (AvgIpc) is 2.51. The molecule has 5 heteroatoms. The first-order valence-electron chi connectivity index (χ1n) is 3.06. The van der Waals surface area contributed by atoms with Gasteiger partial charge in [0.05, 0.1) is 0 Å². The minimum Gasteiger partial charge on any atom is -0.477 e. The van der Waals surface area contributed by atoms with Gasteiger partial charge in [-0.2, -0.15) is 0 Å². The van der Waals surface area contributed by atoms with Crippen molar-refractivity contribution in [1.82, 2.24) is 0 Å². The second-order valence-corrected chi connectivity index (χ2v) is 2.97. The Balaban J connectivity index is 2.91. The predicted octanol–water partition coefficient (Wildman–Crippen LogP) is 1.60. The lowest BCUT2D eigenvalue weighted by atomic mass is 10.2. The van der Waals surface area contributed by atoms with Gasteiger partial charge in [-0.05, 0) is 6.07 Å². The number of Topliss-reactive ketones (excluding diaryl/α,β-unsaturated/α-hetero) is 1. The highest BCUT2D eigenvalue weighted by atomic mass is 32.1. The van der Waals surface area contributed by atoms with E-state index in [4.69, 9.17) is 5.11 Å². The number of aromatic carboxylic acids is 1. The molecule has 12 heavy (non-hydrogen) atoms. The van der Waals surface area contributed by atoms with Crippen LogP contribution in [0.4, 0.5) is 4.39 Å². The van der Waals surface area contributed by atoms with Gasteiger partial charge in [-0.1, -0.05) is 0 Å². The van der Waals surface area contributed by atoms with Gasteiger partial charge in [-0.25, -0.2) is 9.18 Å². The van der Waals surface area contributed by atoms with Gasteiger partial charge in [0.25, 0.3) is 0 Å². The topological polar surface area (TPSA) is 54.4 Å². The van der Waals surface area contributed by atoms with E-state index in [1.54, 1.807) is 0 Å². The summed E-state index contributed by atoms with van der Waals surface area (Å²) in [6, 6.07) is 1.18. The van der Waals surface area contributed by atoms with Crippen molar-refractivity contribution in [3.8, 4) is 0 Å². The van der Waals surface area contributed by atoms with Gasteiger partial charge in [0, 0.05) is 10.9 Å². The fraction of sp³-hybridized carbons (Fsp3) is 0.143. The highest BCUT2D eigenvalue weighted by Gasteiger charge is 2.11. The molecule has 0 fully saturated rings. The highest BCUT2D eigenvalue weighted by molar-refractivity contribution is 7.12. The van der Waals surface area contributed by atoms with E-state index in [1.165, 1.54) is 11.4 Å². The number of hydrogen-bond acceptors (Lipinski definition) is 3. The minimum atomic E-state index is -1.10. The Morgan fingerprint density at radius 3 is 2.67 bits per heavy atom. The number of rotatable bonds is 3. The predicted molar refractivity (Wildman–Crippen MR) is 41.6 cm³/mol. The van der Waals surface area contributed by atoms with E-state index in [1.807, 2.05) is 0 Å². The molecule has 1 rings (SSSR count). The zero-order valence-corrected chi connectivity index (χ0v) is 6.73. The molecule has 0 spiro atoms. The maximum atomic E-state index is 11.8. The summed E-state index contributed by atoms with van der Waals surface area (Å²) in [5.41, 5.74) is 0.125. The fourth-order valence-electron chi connectivity index (χ4n) is 0.672. The van der Waals surface area contributed by atoms with Gasteiger partial charge in [-0.3, -0.25) is 4.79 Å². The molecule has 0 bridgehead atoms. The van der Waals surface area contributed by atoms with E-state index < -0.39 is 18.4 Å². The smallest absolute Gasteiger partial charge is 0.345 e. The molecule has 0 radical (unpaired) electrons. The SMILES string of the molecule is O=C(CF)c1csc(C(=O)O)c1. The first-order valence-corrected chi connectivity index (χ1v) is 3.94. The van der Waals surface area contributed by atoms with E-state index in [-0.39, 0.29) is 10.4 Å². The van der Waals surface area contributed by atoms with Crippen LogP contribution in [0.5, 0.6) is 0 Å². The second-order valence-electron chi connectivity index (χ2n) is 2.06. The molecule has 0 atom stereocenters. The van der Waals surface area contributed by atoms with Gasteiger partial charge in [0.1, 0.15) is 4.88 Å². The van der Waals surface area contributed by atoms with Crippen LogP contribution in [0.2, 0.25) is 0 Å². The van der Waals surface area contributed by atoms with E-state index in [0.29, 0.717) is 0 Å². The standard InChI is InChI=1S/C7H5FO3S/c8-2-5(9)4-1-6(7(10)11)12-3-4/h1,3H,2H2,(H,10,11). The van der Waals surface area contributed by atoms with Crippen LogP contribution in [0.1, 0.15) is 20.0 Å². The zero-order valence-electron chi connectivity index (χ0n) is 5.91. The fourth-order valence-corrected chi connectivity index (χ4v) is 1.42. The van der Waals surface area contributed by atoms with Crippen LogP contribution in [0.3, 0.4) is 0 Å². The van der Waals surface area contributed by atoms with Crippen LogP contribution in [-0.4, -0.2) is 23.5 Å². The summed E-state index contributed by atoms with van der Waals surface area (Å²) < 4.78 is 11.8. The minimum absolute atomic E-state index is 0.0480. The molecule has 0 saturated heterocycles. The Morgan fingerprint density at radius 1 is 1.58 bits per heavy atom. The van der Waals surface area contributed by atoms with Crippen LogP contribution in [0.15, 0.2) is 11.4 Å². The summed E-state index contributed by atoms with van der Waals surface area (Å²) in [7, 11) is 0. The van der Waals surface area contributed by atoms with E-state index in [2.05, 4.69) is 0 Å². The van der Waals surface area contributed by atoms with Crippen LogP contribution in [0, 0.1) is 0 Å². The molecule has 1 N–H and O–H groups in total. The molecule has 0 saturated carbocycles. The number of carbonyl (C=O) groups excluding carboxylic acids is 1. The first kappa shape index (κ1) is 8.86. The highest BCUT2D eigenvalue weighted by Crippen LogP contribution is 2.14. The van der Waals surface area contributed by atoms with Crippen molar-refractivity contribution in [2.45, 2.75) is 0 Å². The van der Waals surface area contributed by atoms with Crippen molar-refractivity contribution < 1.29 is 19.1 Å². The molecule has 0 aromatic carbocycles. The molecule has 0 aliphatic rings. The summed E-state index contributed by atoms with van der Waals surface area (Å²) in [6.45, 7) is -1.09. The van der Waals surface area contributed by atoms with Crippen molar-refractivity contribution in [1.29, 1.82) is 0 Å². The second kappa shape index (κ2) is 3.44. The van der Waals surface area contributed by atoms with Crippen molar-refractivity contribution in [2.75, 3.05) is 6.67 Å². The van der Waals surface area contributed by atoms with Crippen LogP contribution < -0.4 is 0 Å². The van der Waals surface area contributed by atoms with Crippen molar-refractivity contribution in [2.24, 2.45) is 0 Å². The van der Waals surface area contributed by atoms with Gasteiger partial charge in [-0.15, -0.1) is 11.3 Å². The third kappa shape index (κ3) is 1.68. The van der Waals surface area contributed by atoms with E-state index in [0.717, 1.165) is 11.3 Å². The number of carboxylic acid groups (broad SMARTS) is 1. The molecule has 3 nitrogen and oxygen atoms in total.